The number of hydrogen-bond acceptors (Lipinski definition) is 1. The SMILES string of the molecule is CCc1ccc(NC(=S)N[C@H]2CCCC[C@@H]2C)cc1. The van der Waals surface area contributed by atoms with E-state index < -0.39 is 0 Å². The molecule has 1 saturated carbocycles. The van der Waals surface area contributed by atoms with Crippen LogP contribution in [0.3, 0.4) is 0 Å². The summed E-state index contributed by atoms with van der Waals surface area (Å²) in [6, 6.07) is 9.01. The second kappa shape index (κ2) is 6.90. The van der Waals surface area contributed by atoms with Crippen LogP contribution >= 0.6 is 12.2 Å². The molecule has 0 unspecified atom stereocenters. The summed E-state index contributed by atoms with van der Waals surface area (Å²) in [6.45, 7) is 4.48. The summed E-state index contributed by atoms with van der Waals surface area (Å²) in [7, 11) is 0. The van der Waals surface area contributed by atoms with Gasteiger partial charge in [0.25, 0.3) is 0 Å². The number of thiocarbonyl (C=S) groups is 1. The first kappa shape index (κ1) is 14.3. The Bertz CT molecular complexity index is 413. The highest BCUT2D eigenvalue weighted by Crippen LogP contribution is 2.23. The number of anilines is 1. The van der Waals surface area contributed by atoms with Gasteiger partial charge in [-0.15, -0.1) is 0 Å². The Kier molecular flexibility index (Phi) is 5.20. The lowest BCUT2D eigenvalue weighted by molar-refractivity contribution is 0.309. The zero-order valence-electron chi connectivity index (χ0n) is 11.9. The molecule has 0 aromatic heterocycles. The first-order valence-electron chi connectivity index (χ1n) is 7.35. The highest BCUT2D eigenvalue weighted by atomic mass is 32.1. The smallest absolute Gasteiger partial charge is 0.171 e. The summed E-state index contributed by atoms with van der Waals surface area (Å²) in [5.74, 6) is 0.718. The van der Waals surface area contributed by atoms with Crippen molar-refractivity contribution in [3.05, 3.63) is 29.8 Å². The molecule has 0 aliphatic heterocycles. The van der Waals surface area contributed by atoms with E-state index in [1.54, 1.807) is 0 Å². The zero-order valence-corrected chi connectivity index (χ0v) is 12.7. The molecule has 0 spiro atoms. The molecule has 2 atom stereocenters. The summed E-state index contributed by atoms with van der Waals surface area (Å²) in [5.41, 5.74) is 2.42. The Morgan fingerprint density at radius 1 is 1.21 bits per heavy atom. The number of aryl methyl sites for hydroxylation is 1. The van der Waals surface area contributed by atoms with Gasteiger partial charge < -0.3 is 10.6 Å². The normalized spacial score (nSPS) is 22.8. The lowest BCUT2D eigenvalue weighted by Gasteiger charge is -2.30. The van der Waals surface area contributed by atoms with Gasteiger partial charge in [0.1, 0.15) is 0 Å². The third kappa shape index (κ3) is 4.20. The van der Waals surface area contributed by atoms with Crippen LogP contribution in [0.25, 0.3) is 0 Å². The monoisotopic (exact) mass is 276 g/mol. The fourth-order valence-corrected chi connectivity index (χ4v) is 2.96. The molecule has 0 amide bonds. The molecular weight excluding hydrogens is 252 g/mol. The molecular formula is C16H24N2S. The maximum Gasteiger partial charge on any atom is 0.171 e. The van der Waals surface area contributed by atoms with Crippen LogP contribution < -0.4 is 10.6 Å². The fourth-order valence-electron chi connectivity index (χ4n) is 2.69. The predicted molar refractivity (Wildman–Crippen MR) is 86.6 cm³/mol. The second-order valence-corrected chi connectivity index (χ2v) is 5.93. The molecule has 19 heavy (non-hydrogen) atoms. The maximum absolute atomic E-state index is 5.41. The van der Waals surface area contributed by atoms with E-state index in [1.165, 1.54) is 31.2 Å². The van der Waals surface area contributed by atoms with Gasteiger partial charge >= 0.3 is 0 Å². The predicted octanol–water partition coefficient (Wildman–Crippen LogP) is 4.11. The van der Waals surface area contributed by atoms with Crippen LogP contribution in [0.5, 0.6) is 0 Å². The number of benzene rings is 1. The number of hydrogen-bond donors (Lipinski definition) is 2. The summed E-state index contributed by atoms with van der Waals surface area (Å²) >= 11 is 5.41. The van der Waals surface area contributed by atoms with Gasteiger partial charge in [0, 0.05) is 11.7 Å². The summed E-state index contributed by atoms with van der Waals surface area (Å²) < 4.78 is 0. The molecule has 0 heterocycles. The average Bonchev–Trinajstić information content (AvgIpc) is 2.42. The van der Waals surface area contributed by atoms with Crippen LogP contribution in [0, 0.1) is 5.92 Å². The third-order valence-corrected chi connectivity index (χ3v) is 4.27. The van der Waals surface area contributed by atoms with Gasteiger partial charge in [-0.1, -0.05) is 38.8 Å². The van der Waals surface area contributed by atoms with Crippen LogP contribution in [0.2, 0.25) is 0 Å². The largest absolute Gasteiger partial charge is 0.359 e. The maximum atomic E-state index is 5.41. The van der Waals surface area contributed by atoms with Gasteiger partial charge in [0.05, 0.1) is 0 Å². The van der Waals surface area contributed by atoms with E-state index in [1.807, 2.05) is 0 Å². The van der Waals surface area contributed by atoms with Gasteiger partial charge in [-0.25, -0.2) is 0 Å². The third-order valence-electron chi connectivity index (χ3n) is 4.05. The van der Waals surface area contributed by atoms with Crippen LogP contribution in [-0.4, -0.2) is 11.2 Å². The molecule has 3 heteroatoms. The molecule has 1 aromatic carbocycles. The second-order valence-electron chi connectivity index (χ2n) is 5.52. The average molecular weight is 276 g/mol. The quantitative estimate of drug-likeness (QED) is 0.812. The highest BCUT2D eigenvalue weighted by molar-refractivity contribution is 7.80. The standard InChI is InChI=1S/C16H24N2S/c1-3-13-8-10-14(11-9-13)17-16(19)18-15-7-5-4-6-12(15)2/h8-12,15H,3-7H2,1-2H3,(H2,17,18,19)/t12-,15-/m0/s1. The zero-order chi connectivity index (χ0) is 13.7. The van der Waals surface area contributed by atoms with Crippen molar-refractivity contribution >= 4 is 23.0 Å². The molecule has 2 rings (SSSR count). The van der Waals surface area contributed by atoms with Crippen LogP contribution in [0.1, 0.15) is 45.1 Å². The highest BCUT2D eigenvalue weighted by Gasteiger charge is 2.21. The van der Waals surface area contributed by atoms with Crippen molar-refractivity contribution in [1.29, 1.82) is 0 Å². The van der Waals surface area contributed by atoms with Gasteiger partial charge in [0.15, 0.2) is 5.11 Å². The Morgan fingerprint density at radius 2 is 1.89 bits per heavy atom. The number of nitrogens with one attached hydrogen (secondary N) is 2. The Labute approximate surface area is 122 Å². The van der Waals surface area contributed by atoms with E-state index in [9.17, 15) is 0 Å². The van der Waals surface area contributed by atoms with Crippen molar-refractivity contribution in [3.63, 3.8) is 0 Å². The summed E-state index contributed by atoms with van der Waals surface area (Å²) in [6.07, 6.45) is 6.29. The van der Waals surface area contributed by atoms with E-state index in [0.29, 0.717) is 6.04 Å². The van der Waals surface area contributed by atoms with Gasteiger partial charge in [-0.05, 0) is 55.1 Å². The topological polar surface area (TPSA) is 24.1 Å². The number of rotatable bonds is 3. The van der Waals surface area contributed by atoms with Gasteiger partial charge in [-0.3, -0.25) is 0 Å². The van der Waals surface area contributed by atoms with Crippen LogP contribution in [0.15, 0.2) is 24.3 Å². The van der Waals surface area contributed by atoms with Gasteiger partial charge in [0.2, 0.25) is 0 Å². The van der Waals surface area contributed by atoms with Crippen molar-refractivity contribution in [2.45, 2.75) is 52.0 Å². The van der Waals surface area contributed by atoms with Crippen molar-refractivity contribution in [2.75, 3.05) is 5.32 Å². The minimum atomic E-state index is 0.531. The molecule has 1 aliphatic carbocycles. The molecule has 1 aliphatic rings. The Hall–Kier alpha value is -1.09. The minimum absolute atomic E-state index is 0.531. The minimum Gasteiger partial charge on any atom is -0.359 e. The lowest BCUT2D eigenvalue weighted by atomic mass is 9.86. The van der Waals surface area contributed by atoms with E-state index in [-0.39, 0.29) is 0 Å². The van der Waals surface area contributed by atoms with Crippen molar-refractivity contribution in [1.82, 2.24) is 5.32 Å². The van der Waals surface area contributed by atoms with Crippen LogP contribution in [-0.2, 0) is 6.42 Å². The Balaban J connectivity index is 1.86. The molecule has 0 saturated heterocycles. The fraction of sp³-hybridized carbons (Fsp3) is 0.562. The Morgan fingerprint density at radius 3 is 2.53 bits per heavy atom. The van der Waals surface area contributed by atoms with Gasteiger partial charge in [-0.2, -0.15) is 0 Å². The lowest BCUT2D eigenvalue weighted by Crippen LogP contribution is -2.43. The van der Waals surface area contributed by atoms with E-state index in [4.69, 9.17) is 12.2 Å². The molecule has 1 fully saturated rings. The first-order chi connectivity index (χ1) is 9.19. The first-order valence-corrected chi connectivity index (χ1v) is 7.76. The van der Waals surface area contributed by atoms with E-state index >= 15 is 0 Å². The molecule has 0 radical (unpaired) electrons. The molecule has 2 N–H and O–H groups in total. The summed E-state index contributed by atoms with van der Waals surface area (Å²) in [4.78, 5) is 0. The van der Waals surface area contributed by atoms with Crippen molar-refractivity contribution in [2.24, 2.45) is 5.92 Å². The molecule has 1 aromatic rings. The van der Waals surface area contributed by atoms with Crippen LogP contribution in [0.4, 0.5) is 5.69 Å². The van der Waals surface area contributed by atoms with Crippen molar-refractivity contribution in [3.8, 4) is 0 Å². The summed E-state index contributed by atoms with van der Waals surface area (Å²) in [5, 5.41) is 7.50. The molecule has 2 nitrogen and oxygen atoms in total. The molecule has 104 valence electrons. The van der Waals surface area contributed by atoms with E-state index in [0.717, 1.165) is 23.1 Å². The van der Waals surface area contributed by atoms with Crippen molar-refractivity contribution < 1.29 is 0 Å². The molecule has 0 bridgehead atoms. The van der Waals surface area contributed by atoms with E-state index in [2.05, 4.69) is 48.7 Å².